The molecule has 286 valence electrons. The fraction of sp³-hybridized carbons (Fsp3) is 0.111. The lowest BCUT2D eigenvalue weighted by molar-refractivity contribution is -0.432. The first-order valence-electron chi connectivity index (χ1n) is 14.0. The number of anilines is 1. The molecule has 0 saturated heterocycles. The highest BCUT2D eigenvalue weighted by Gasteiger charge is 2.25. The largest absolute Gasteiger partial charge is 0.505 e. The molecule has 0 saturated carbocycles. The average Bonchev–Trinajstić information content (AvgIpc) is 3.11. The van der Waals surface area contributed by atoms with Crippen LogP contribution in [-0.4, -0.2) is 69.1 Å². The molecular weight excluding hydrogens is 823 g/mol. The van der Waals surface area contributed by atoms with Gasteiger partial charge in [-0.1, -0.05) is 11.1 Å². The lowest BCUT2D eigenvalue weighted by Gasteiger charge is -2.14. The Labute approximate surface area is 313 Å². The normalized spacial score (nSPS) is 12.2. The summed E-state index contributed by atoms with van der Waals surface area (Å²) in [4.78, 5) is 14.0. The molecular formula is C27H23N7O15S5. The van der Waals surface area contributed by atoms with Gasteiger partial charge in [0.15, 0.2) is 21.7 Å². The molecule has 0 aliphatic rings. The molecule has 0 heterocycles. The van der Waals surface area contributed by atoms with Crippen LogP contribution in [0.5, 0.6) is 5.75 Å². The highest BCUT2D eigenvalue weighted by atomic mass is 32.3. The van der Waals surface area contributed by atoms with E-state index in [0.29, 0.717) is 16.9 Å². The van der Waals surface area contributed by atoms with Crippen molar-refractivity contribution in [1.29, 1.82) is 0 Å². The monoisotopic (exact) mass is 845 g/mol. The molecule has 0 atom stereocenters. The molecule has 0 aromatic heterocycles. The molecule has 0 radical (unpaired) electrons. The number of azo groups is 2. The summed E-state index contributed by atoms with van der Waals surface area (Å²) >= 11 is 1.15. The number of phenolic OH excluding ortho intramolecular Hbond substituents is 1. The number of hydrogen-bond acceptors (Lipinski definition) is 21. The maximum Gasteiger partial charge on any atom is 0.433 e. The van der Waals surface area contributed by atoms with Gasteiger partial charge in [-0.3, -0.25) is 19.0 Å². The second-order valence-electron chi connectivity index (χ2n) is 10.1. The quantitative estimate of drug-likeness (QED) is 0.0103. The number of phenols is 1. The van der Waals surface area contributed by atoms with Crippen molar-refractivity contribution in [2.45, 2.75) is 19.6 Å². The summed E-state index contributed by atoms with van der Waals surface area (Å²) in [5.41, 5.74) is 5.07. The zero-order chi connectivity index (χ0) is 39.7. The number of nitrogens with zero attached hydrogens (tertiary/aromatic N) is 6. The zero-order valence-corrected chi connectivity index (χ0v) is 30.9. The van der Waals surface area contributed by atoms with Crippen LogP contribution in [0.2, 0.25) is 0 Å². The number of nitroso groups, excluding NO2 is 1. The molecule has 0 aliphatic carbocycles. The van der Waals surface area contributed by atoms with Gasteiger partial charge in [0, 0.05) is 17.2 Å². The highest BCUT2D eigenvalue weighted by molar-refractivity contribution is 8.04. The summed E-state index contributed by atoms with van der Waals surface area (Å²) in [7, 11) is -12.4. The molecule has 4 aromatic carbocycles. The van der Waals surface area contributed by atoms with Gasteiger partial charge in [0.25, 0.3) is 10.1 Å². The summed E-state index contributed by atoms with van der Waals surface area (Å²) in [5, 5.41) is 45.2. The van der Waals surface area contributed by atoms with E-state index in [4.69, 9.17) is 15.5 Å². The van der Waals surface area contributed by atoms with Gasteiger partial charge in [-0.25, -0.2) is 13.7 Å². The van der Waals surface area contributed by atoms with Gasteiger partial charge in [0.1, 0.15) is 16.3 Å². The van der Waals surface area contributed by atoms with Gasteiger partial charge in [0.05, 0.1) is 61.9 Å². The van der Waals surface area contributed by atoms with Crippen LogP contribution in [0.1, 0.15) is 0 Å². The standard InChI is InChI=1S/C27H23N7O15S5/c1-34(33-36)9-12-52(38,39)20-7-5-17(6-8-20)29-32-26-22(53(40,41)42)14-16-13-21(51-48-47-37)25(27(35)23(16)24(26)28)31-30-18-3-2-4-19(15-18)50-11-10-46-49-54(43,44)45/h2-8,13-15,35,37H,9,12,28H2,1H3,(H,40,41,42)(H,43,44,45). The first-order chi connectivity index (χ1) is 25.4. The molecule has 0 unspecified atom stereocenters. The lowest BCUT2D eigenvalue weighted by Crippen LogP contribution is -2.20. The van der Waals surface area contributed by atoms with Gasteiger partial charge in [-0.05, 0) is 76.1 Å². The van der Waals surface area contributed by atoms with Gasteiger partial charge >= 0.3 is 10.4 Å². The molecule has 6 N–H and O–H groups in total. The van der Waals surface area contributed by atoms with Crippen molar-refractivity contribution in [2.24, 2.45) is 25.7 Å². The molecule has 0 bridgehead atoms. The van der Waals surface area contributed by atoms with Crippen molar-refractivity contribution in [3.05, 3.63) is 65.6 Å². The fourth-order valence-electron chi connectivity index (χ4n) is 4.14. The van der Waals surface area contributed by atoms with Crippen LogP contribution in [0.25, 0.3) is 10.8 Å². The van der Waals surface area contributed by atoms with E-state index in [0.717, 1.165) is 22.8 Å². The molecule has 0 amide bonds. The van der Waals surface area contributed by atoms with Crippen LogP contribution in [0.4, 0.5) is 28.4 Å². The number of aromatic hydroxyl groups is 1. The number of thioether (sulfide) groups is 1. The van der Waals surface area contributed by atoms with Crippen molar-refractivity contribution < 1.29 is 63.3 Å². The van der Waals surface area contributed by atoms with E-state index in [1.165, 1.54) is 55.6 Å². The first-order valence-corrected chi connectivity index (χ1v) is 20.0. The Balaban J connectivity index is 1.74. The summed E-state index contributed by atoms with van der Waals surface area (Å²) in [6.07, 6.45) is 1.88. The maximum absolute atomic E-state index is 12.6. The SMILES string of the molecule is CN(CCS(=O)(=O)c1ccc(N=Nc2c(S(=O)(=O)O)cc3cc(SOOO)c(N=Nc4cccc(SC#COOS(=O)(=O)O)c4)c(O)c3c2N)cc1)N=O. The van der Waals surface area contributed by atoms with Crippen LogP contribution in [0, 0.1) is 16.3 Å². The smallest absolute Gasteiger partial charge is 0.433 e. The minimum Gasteiger partial charge on any atom is -0.505 e. The van der Waals surface area contributed by atoms with Crippen LogP contribution >= 0.6 is 23.8 Å². The topological polar surface area (TPSA) is 328 Å². The highest BCUT2D eigenvalue weighted by Crippen LogP contribution is 2.49. The third-order valence-corrected chi connectivity index (χ3v) is 10.6. The summed E-state index contributed by atoms with van der Waals surface area (Å²) in [5.74, 6) is -1.11. The average molecular weight is 846 g/mol. The Kier molecular flexibility index (Phi) is 13.8. The van der Waals surface area contributed by atoms with E-state index in [1.807, 2.05) is 6.11 Å². The third kappa shape index (κ3) is 11.3. The first kappa shape index (κ1) is 41.8. The molecule has 0 aliphatic heterocycles. The Morgan fingerprint density at radius 2 is 1.59 bits per heavy atom. The number of nitrogens with two attached hydrogens (primary N) is 1. The van der Waals surface area contributed by atoms with Crippen LogP contribution in [-0.2, 0) is 48.9 Å². The van der Waals surface area contributed by atoms with E-state index < -0.39 is 58.1 Å². The third-order valence-electron chi connectivity index (χ3n) is 6.49. The number of benzene rings is 4. The molecule has 0 spiro atoms. The number of nitrogen functional groups attached to an aromatic ring is 1. The van der Waals surface area contributed by atoms with Crippen molar-refractivity contribution in [2.75, 3.05) is 25.1 Å². The van der Waals surface area contributed by atoms with E-state index in [-0.39, 0.29) is 44.2 Å². The number of hydrogen-bond donors (Lipinski definition) is 5. The van der Waals surface area contributed by atoms with Gasteiger partial charge < -0.3 is 10.8 Å². The van der Waals surface area contributed by atoms with E-state index in [1.54, 1.807) is 6.07 Å². The summed E-state index contributed by atoms with van der Waals surface area (Å²) < 4.78 is 97.7. The van der Waals surface area contributed by atoms with Crippen LogP contribution in [0.15, 0.2) is 106 Å². The van der Waals surface area contributed by atoms with Crippen molar-refractivity contribution in [3.8, 4) is 17.1 Å². The van der Waals surface area contributed by atoms with Gasteiger partial charge in [-0.15, -0.1) is 19.5 Å². The molecule has 22 nitrogen and oxygen atoms in total. The molecule has 4 rings (SSSR count). The predicted molar refractivity (Wildman–Crippen MR) is 190 cm³/mol. The lowest BCUT2D eigenvalue weighted by atomic mass is 10.1. The van der Waals surface area contributed by atoms with Crippen molar-refractivity contribution in [3.63, 3.8) is 0 Å². The van der Waals surface area contributed by atoms with Gasteiger partial charge in [0.2, 0.25) is 0 Å². The Morgan fingerprint density at radius 1 is 0.907 bits per heavy atom. The molecule has 54 heavy (non-hydrogen) atoms. The Morgan fingerprint density at radius 3 is 2.24 bits per heavy atom. The van der Waals surface area contributed by atoms with Crippen LogP contribution in [0.3, 0.4) is 0 Å². The number of fused-ring (bicyclic) bond motifs is 1. The minimum atomic E-state index is -5.05. The second-order valence-corrected chi connectivity index (χ2v) is 16.2. The molecule has 4 aromatic rings. The number of sulfone groups is 1. The van der Waals surface area contributed by atoms with Crippen LogP contribution < -0.4 is 5.73 Å². The predicted octanol–water partition coefficient (Wildman–Crippen LogP) is 5.78. The summed E-state index contributed by atoms with van der Waals surface area (Å²) in [6.45, 7) is -0.161. The van der Waals surface area contributed by atoms with Gasteiger partial charge in [-0.2, -0.15) is 27.1 Å². The molecule has 0 fully saturated rings. The van der Waals surface area contributed by atoms with Crippen molar-refractivity contribution >= 4 is 93.4 Å². The van der Waals surface area contributed by atoms with E-state index in [2.05, 4.69) is 49.6 Å². The number of rotatable bonds is 16. The minimum absolute atomic E-state index is 0.0263. The molecule has 27 heteroatoms. The second kappa shape index (κ2) is 17.9. The van der Waals surface area contributed by atoms with E-state index >= 15 is 0 Å². The van der Waals surface area contributed by atoms with Crippen molar-refractivity contribution in [1.82, 2.24) is 5.01 Å². The Bertz CT molecular complexity index is 2510. The zero-order valence-electron chi connectivity index (χ0n) is 26.8. The summed E-state index contributed by atoms with van der Waals surface area (Å²) in [6, 6.07) is 13.1. The van der Waals surface area contributed by atoms with E-state index in [9.17, 15) is 39.8 Å². The maximum atomic E-state index is 12.6. The Hall–Kier alpha value is -4.99. The fourth-order valence-corrected chi connectivity index (χ4v) is 7.23.